The maximum atomic E-state index is 12.3. The molecule has 6 heteroatoms. The fourth-order valence-corrected chi connectivity index (χ4v) is 5.58. The highest BCUT2D eigenvalue weighted by Gasteiger charge is 2.15. The van der Waals surface area contributed by atoms with Gasteiger partial charge in [-0.25, -0.2) is 16.8 Å². The third kappa shape index (κ3) is 6.78. The van der Waals surface area contributed by atoms with Crippen molar-refractivity contribution in [3.05, 3.63) is 59.7 Å². The number of rotatable bonds is 10. The Bertz CT molecular complexity index is 847. The van der Waals surface area contributed by atoms with Gasteiger partial charge in [-0.05, 0) is 51.0 Å². The summed E-state index contributed by atoms with van der Waals surface area (Å²) in [6, 6.07) is 13.8. The molecule has 2 rings (SSSR count). The van der Waals surface area contributed by atoms with Crippen molar-refractivity contribution in [3.63, 3.8) is 0 Å². The molecule has 0 atom stereocenters. The Labute approximate surface area is 163 Å². The Morgan fingerprint density at radius 1 is 0.519 bits per heavy atom. The van der Waals surface area contributed by atoms with Crippen LogP contribution in [-0.2, 0) is 19.7 Å². The maximum Gasteiger partial charge on any atom is 0.178 e. The van der Waals surface area contributed by atoms with Gasteiger partial charge in [-0.1, -0.05) is 54.7 Å². The molecule has 0 saturated carbocycles. The van der Waals surface area contributed by atoms with E-state index < -0.39 is 19.7 Å². The van der Waals surface area contributed by atoms with Gasteiger partial charge in [0.15, 0.2) is 19.7 Å². The smallest absolute Gasteiger partial charge is 0.178 e. The van der Waals surface area contributed by atoms with Crippen molar-refractivity contribution in [2.75, 3.05) is 11.5 Å². The molecular weight excluding hydrogens is 380 g/mol. The summed E-state index contributed by atoms with van der Waals surface area (Å²) in [7, 11) is -6.46. The van der Waals surface area contributed by atoms with E-state index in [4.69, 9.17) is 0 Å². The summed E-state index contributed by atoms with van der Waals surface area (Å²) in [6.07, 6.45) is 3.61. The highest BCUT2D eigenvalue weighted by molar-refractivity contribution is 7.91. The zero-order valence-corrected chi connectivity index (χ0v) is 17.7. The molecule has 0 radical (unpaired) electrons. The Morgan fingerprint density at radius 2 is 0.815 bits per heavy atom. The molecule has 4 nitrogen and oxygen atoms in total. The molecule has 0 amide bonds. The minimum Gasteiger partial charge on any atom is -0.224 e. The molecule has 0 heterocycles. The summed E-state index contributed by atoms with van der Waals surface area (Å²) in [6.45, 7) is 3.85. The minimum atomic E-state index is -3.23. The van der Waals surface area contributed by atoms with Gasteiger partial charge in [-0.2, -0.15) is 0 Å². The van der Waals surface area contributed by atoms with Gasteiger partial charge in [0.25, 0.3) is 0 Å². The predicted octanol–water partition coefficient (Wildman–Crippen LogP) is 4.50. The second kappa shape index (κ2) is 9.51. The van der Waals surface area contributed by atoms with Crippen LogP contribution in [-0.4, -0.2) is 28.3 Å². The molecular formula is C21H28O4S2. The number of hydrogen-bond acceptors (Lipinski definition) is 4. The van der Waals surface area contributed by atoms with Crippen LogP contribution >= 0.6 is 0 Å². The normalized spacial score (nSPS) is 12.2. The fourth-order valence-electron chi connectivity index (χ4n) is 2.84. The summed E-state index contributed by atoms with van der Waals surface area (Å²) < 4.78 is 49.1. The predicted molar refractivity (Wildman–Crippen MR) is 110 cm³/mol. The zero-order valence-electron chi connectivity index (χ0n) is 16.0. The van der Waals surface area contributed by atoms with Gasteiger partial charge in [0, 0.05) is 0 Å². The summed E-state index contributed by atoms with van der Waals surface area (Å²) >= 11 is 0. The molecule has 0 fully saturated rings. The molecule has 0 saturated heterocycles. The van der Waals surface area contributed by atoms with Crippen molar-refractivity contribution in [3.8, 4) is 0 Å². The second-order valence-corrected chi connectivity index (χ2v) is 11.2. The third-order valence-corrected chi connectivity index (χ3v) is 8.22. The average Bonchev–Trinajstić information content (AvgIpc) is 2.61. The van der Waals surface area contributed by atoms with E-state index in [9.17, 15) is 16.8 Å². The third-order valence-electron chi connectivity index (χ3n) is 4.59. The first kappa shape index (κ1) is 21.6. The van der Waals surface area contributed by atoms with E-state index in [-0.39, 0.29) is 11.5 Å². The van der Waals surface area contributed by atoms with Crippen LogP contribution in [0.1, 0.15) is 43.2 Å². The summed E-state index contributed by atoms with van der Waals surface area (Å²) in [5.41, 5.74) is 2.07. The number of sulfone groups is 2. The second-order valence-electron chi connectivity index (χ2n) is 7.03. The van der Waals surface area contributed by atoms with Gasteiger partial charge < -0.3 is 0 Å². The SMILES string of the molecule is Cc1ccc(S(=O)(=O)CCCCCCCS(=O)(=O)c2ccc(C)cc2)cc1. The van der Waals surface area contributed by atoms with Gasteiger partial charge in [-0.3, -0.25) is 0 Å². The van der Waals surface area contributed by atoms with Crippen molar-refractivity contribution in [2.24, 2.45) is 0 Å². The van der Waals surface area contributed by atoms with E-state index in [0.29, 0.717) is 22.6 Å². The fraction of sp³-hybridized carbons (Fsp3) is 0.429. The van der Waals surface area contributed by atoms with Gasteiger partial charge >= 0.3 is 0 Å². The lowest BCUT2D eigenvalue weighted by Gasteiger charge is -2.06. The van der Waals surface area contributed by atoms with Gasteiger partial charge in [-0.15, -0.1) is 0 Å². The van der Waals surface area contributed by atoms with Gasteiger partial charge in [0.2, 0.25) is 0 Å². The molecule has 0 aliphatic rings. The first-order valence-electron chi connectivity index (χ1n) is 9.29. The van der Waals surface area contributed by atoms with Crippen molar-refractivity contribution in [1.82, 2.24) is 0 Å². The summed E-state index contributed by atoms with van der Waals surface area (Å²) in [5.74, 6) is 0.273. The van der Waals surface area contributed by atoms with Gasteiger partial charge in [0.05, 0.1) is 21.3 Å². The molecule has 0 spiro atoms. The van der Waals surface area contributed by atoms with E-state index in [1.165, 1.54) is 0 Å². The Hall–Kier alpha value is -1.66. The molecule has 0 unspecified atom stereocenters. The van der Waals surface area contributed by atoms with Crippen LogP contribution in [0.3, 0.4) is 0 Å². The van der Waals surface area contributed by atoms with Crippen molar-refractivity contribution >= 4 is 19.7 Å². The van der Waals surface area contributed by atoms with Crippen LogP contribution in [0.2, 0.25) is 0 Å². The molecule has 2 aromatic carbocycles. The van der Waals surface area contributed by atoms with E-state index in [1.54, 1.807) is 48.5 Å². The summed E-state index contributed by atoms with van der Waals surface area (Å²) in [5, 5.41) is 0. The quantitative estimate of drug-likeness (QED) is 0.543. The average molecular weight is 409 g/mol. The van der Waals surface area contributed by atoms with E-state index in [0.717, 1.165) is 30.4 Å². The van der Waals surface area contributed by atoms with Crippen LogP contribution in [0, 0.1) is 13.8 Å². The Morgan fingerprint density at radius 3 is 1.15 bits per heavy atom. The molecule has 148 valence electrons. The molecule has 0 bridgehead atoms. The highest BCUT2D eigenvalue weighted by atomic mass is 32.2. The minimum absolute atomic E-state index is 0.137. The van der Waals surface area contributed by atoms with Crippen LogP contribution < -0.4 is 0 Å². The summed E-state index contributed by atoms with van der Waals surface area (Å²) in [4.78, 5) is 0.745. The molecule has 0 aliphatic carbocycles. The van der Waals surface area contributed by atoms with Gasteiger partial charge in [0.1, 0.15) is 0 Å². The molecule has 27 heavy (non-hydrogen) atoms. The number of aryl methyl sites for hydroxylation is 2. The lowest BCUT2D eigenvalue weighted by atomic mass is 10.2. The molecule has 0 aromatic heterocycles. The monoisotopic (exact) mass is 408 g/mol. The molecule has 0 N–H and O–H groups in total. The van der Waals surface area contributed by atoms with Crippen LogP contribution in [0.4, 0.5) is 0 Å². The van der Waals surface area contributed by atoms with E-state index in [2.05, 4.69) is 0 Å². The van der Waals surface area contributed by atoms with Crippen LogP contribution in [0.25, 0.3) is 0 Å². The molecule has 0 aliphatic heterocycles. The standard InChI is InChI=1S/C21H28O4S2/c1-18-8-12-20(13-9-18)26(22,23)16-6-4-3-5-7-17-27(24,25)21-14-10-19(2)11-15-21/h8-15H,3-7,16-17H2,1-2H3. The number of unbranched alkanes of at least 4 members (excludes halogenated alkanes) is 4. The van der Waals surface area contributed by atoms with Crippen molar-refractivity contribution in [2.45, 2.75) is 55.7 Å². The number of benzene rings is 2. The zero-order chi connectivity index (χ0) is 19.9. The van der Waals surface area contributed by atoms with Crippen molar-refractivity contribution < 1.29 is 16.8 Å². The van der Waals surface area contributed by atoms with Crippen LogP contribution in [0.15, 0.2) is 58.3 Å². The molecule has 2 aromatic rings. The number of hydrogen-bond donors (Lipinski definition) is 0. The largest absolute Gasteiger partial charge is 0.224 e. The van der Waals surface area contributed by atoms with Crippen LogP contribution in [0.5, 0.6) is 0 Å². The van der Waals surface area contributed by atoms with E-state index >= 15 is 0 Å². The first-order valence-corrected chi connectivity index (χ1v) is 12.6. The van der Waals surface area contributed by atoms with Crippen molar-refractivity contribution in [1.29, 1.82) is 0 Å². The Kier molecular flexibility index (Phi) is 7.62. The first-order chi connectivity index (χ1) is 12.7. The lowest BCUT2D eigenvalue weighted by Crippen LogP contribution is -2.07. The maximum absolute atomic E-state index is 12.3. The lowest BCUT2D eigenvalue weighted by molar-refractivity contribution is 0.582. The Balaban J connectivity index is 1.68. The highest BCUT2D eigenvalue weighted by Crippen LogP contribution is 2.17. The van der Waals surface area contributed by atoms with E-state index in [1.807, 2.05) is 13.8 Å². The topological polar surface area (TPSA) is 68.3 Å².